The normalized spacial score (nSPS) is 27.4. The van der Waals surface area contributed by atoms with Crippen LogP contribution < -0.4 is 0 Å². The fraction of sp³-hybridized carbons (Fsp3) is 1.00. The number of hydrogen-bond acceptors (Lipinski definition) is 4. The lowest BCUT2D eigenvalue weighted by molar-refractivity contribution is -0.0823. The quantitative estimate of drug-likeness (QED) is 0.490. The minimum atomic E-state index is 0.00747. The molecule has 4 nitrogen and oxygen atoms in total. The molecular formula is C18H32O4. The first-order valence-corrected chi connectivity index (χ1v) is 9.14. The summed E-state index contributed by atoms with van der Waals surface area (Å²) in [5, 5.41) is 0. The number of hydrogen-bond donors (Lipinski definition) is 0. The summed E-state index contributed by atoms with van der Waals surface area (Å²) in [6.07, 6.45) is 8.10. The van der Waals surface area contributed by atoms with E-state index in [4.69, 9.17) is 18.9 Å². The molecule has 0 radical (unpaired) electrons. The molecule has 2 saturated carbocycles. The van der Waals surface area contributed by atoms with Crippen LogP contribution in [-0.2, 0) is 18.9 Å². The van der Waals surface area contributed by atoms with E-state index in [0.29, 0.717) is 12.7 Å². The van der Waals surface area contributed by atoms with E-state index < -0.39 is 0 Å². The van der Waals surface area contributed by atoms with Crippen LogP contribution in [0.15, 0.2) is 0 Å². The second-order valence-electron chi connectivity index (χ2n) is 7.59. The molecule has 0 aromatic rings. The molecule has 0 aromatic carbocycles. The van der Waals surface area contributed by atoms with E-state index in [1.54, 1.807) is 0 Å². The van der Waals surface area contributed by atoms with Gasteiger partial charge in [0.2, 0.25) is 0 Å². The predicted octanol–water partition coefficient (Wildman–Crippen LogP) is 3.04. The average molecular weight is 312 g/mol. The molecule has 2 atom stereocenters. The zero-order valence-electron chi connectivity index (χ0n) is 14.1. The molecule has 0 amide bonds. The molecule has 2 unspecified atom stereocenters. The van der Waals surface area contributed by atoms with Gasteiger partial charge >= 0.3 is 0 Å². The number of epoxide rings is 1. The molecule has 3 fully saturated rings. The van der Waals surface area contributed by atoms with E-state index in [1.165, 1.54) is 32.1 Å². The topological polar surface area (TPSA) is 40.2 Å². The third kappa shape index (κ3) is 5.48. The standard InChI is InChI=1S/C18H32O4/c1-2-18(13-20-9-16-6-7-16,14-21-10-17-11-22-17)12-19-8-15-4-3-5-15/h15-17H,2-14H2,1H3. The first kappa shape index (κ1) is 16.7. The highest BCUT2D eigenvalue weighted by molar-refractivity contribution is 4.80. The van der Waals surface area contributed by atoms with E-state index in [9.17, 15) is 0 Å². The minimum Gasteiger partial charge on any atom is -0.380 e. The van der Waals surface area contributed by atoms with Gasteiger partial charge in [0, 0.05) is 18.6 Å². The van der Waals surface area contributed by atoms with Crippen molar-refractivity contribution in [3.05, 3.63) is 0 Å². The van der Waals surface area contributed by atoms with Crippen LogP contribution >= 0.6 is 0 Å². The fourth-order valence-electron chi connectivity index (χ4n) is 2.83. The number of ether oxygens (including phenoxy) is 4. The third-order valence-electron chi connectivity index (χ3n) is 5.31. The van der Waals surface area contributed by atoms with Crippen molar-refractivity contribution < 1.29 is 18.9 Å². The summed E-state index contributed by atoms with van der Waals surface area (Å²) >= 11 is 0. The summed E-state index contributed by atoms with van der Waals surface area (Å²) in [7, 11) is 0. The molecule has 0 spiro atoms. The summed E-state index contributed by atoms with van der Waals surface area (Å²) in [6, 6.07) is 0. The fourth-order valence-corrected chi connectivity index (χ4v) is 2.83. The van der Waals surface area contributed by atoms with Crippen LogP contribution in [0.4, 0.5) is 0 Å². The van der Waals surface area contributed by atoms with Crippen LogP contribution in [0.1, 0.15) is 45.4 Å². The van der Waals surface area contributed by atoms with Crippen molar-refractivity contribution >= 4 is 0 Å². The van der Waals surface area contributed by atoms with Crippen LogP contribution in [0, 0.1) is 17.3 Å². The first-order valence-electron chi connectivity index (χ1n) is 9.14. The lowest BCUT2D eigenvalue weighted by atomic mass is 9.85. The van der Waals surface area contributed by atoms with Crippen molar-refractivity contribution in [2.75, 3.05) is 46.2 Å². The molecule has 0 N–H and O–H groups in total. The largest absolute Gasteiger partial charge is 0.380 e. The van der Waals surface area contributed by atoms with E-state index in [-0.39, 0.29) is 5.41 Å². The molecule has 1 aliphatic heterocycles. The highest BCUT2D eigenvalue weighted by atomic mass is 16.6. The van der Waals surface area contributed by atoms with E-state index in [1.807, 2.05) is 0 Å². The van der Waals surface area contributed by atoms with Crippen molar-refractivity contribution in [1.82, 2.24) is 0 Å². The highest BCUT2D eigenvalue weighted by Gasteiger charge is 2.33. The maximum absolute atomic E-state index is 6.05. The van der Waals surface area contributed by atoms with Crippen molar-refractivity contribution in [3.63, 3.8) is 0 Å². The van der Waals surface area contributed by atoms with Crippen molar-refractivity contribution in [1.29, 1.82) is 0 Å². The minimum absolute atomic E-state index is 0.00747. The molecule has 128 valence electrons. The lowest BCUT2D eigenvalue weighted by Crippen LogP contribution is -2.38. The van der Waals surface area contributed by atoms with Crippen molar-refractivity contribution in [2.45, 2.75) is 51.6 Å². The Morgan fingerprint density at radius 2 is 1.41 bits per heavy atom. The van der Waals surface area contributed by atoms with Crippen LogP contribution in [0.2, 0.25) is 0 Å². The third-order valence-corrected chi connectivity index (χ3v) is 5.31. The zero-order chi connectivity index (χ0) is 15.3. The van der Waals surface area contributed by atoms with Crippen LogP contribution in [0.25, 0.3) is 0 Å². The van der Waals surface area contributed by atoms with Gasteiger partial charge in [-0.15, -0.1) is 0 Å². The molecule has 1 saturated heterocycles. The Labute approximate surface area is 134 Å². The Kier molecular flexibility index (Phi) is 6.14. The Balaban J connectivity index is 1.40. The second-order valence-corrected chi connectivity index (χ2v) is 7.59. The maximum atomic E-state index is 6.05. The van der Waals surface area contributed by atoms with Gasteiger partial charge in [-0.05, 0) is 43.9 Å². The molecule has 4 heteroatoms. The summed E-state index contributed by atoms with van der Waals surface area (Å²) < 4.78 is 23.2. The second kappa shape index (κ2) is 8.09. The van der Waals surface area contributed by atoms with Crippen molar-refractivity contribution in [2.24, 2.45) is 17.3 Å². The molecule has 1 heterocycles. The Bertz CT molecular complexity index is 303. The molecule has 0 aromatic heterocycles. The lowest BCUT2D eigenvalue weighted by Gasteiger charge is -2.34. The van der Waals surface area contributed by atoms with Gasteiger partial charge in [0.1, 0.15) is 6.10 Å². The van der Waals surface area contributed by atoms with E-state index in [2.05, 4.69) is 6.92 Å². The van der Waals surface area contributed by atoms with Gasteiger partial charge in [-0.1, -0.05) is 13.3 Å². The van der Waals surface area contributed by atoms with Gasteiger partial charge < -0.3 is 18.9 Å². The predicted molar refractivity (Wildman–Crippen MR) is 85.0 cm³/mol. The molecule has 0 bridgehead atoms. The Morgan fingerprint density at radius 3 is 1.82 bits per heavy atom. The Morgan fingerprint density at radius 1 is 0.864 bits per heavy atom. The first-order chi connectivity index (χ1) is 10.8. The number of rotatable bonds is 13. The van der Waals surface area contributed by atoms with Gasteiger partial charge in [0.25, 0.3) is 0 Å². The average Bonchev–Trinajstić information content (AvgIpc) is 3.35. The van der Waals surface area contributed by atoms with E-state index >= 15 is 0 Å². The molecule has 3 aliphatic rings. The summed E-state index contributed by atoms with van der Waals surface area (Å²) in [4.78, 5) is 0. The summed E-state index contributed by atoms with van der Waals surface area (Å²) in [6.45, 7) is 7.87. The van der Waals surface area contributed by atoms with E-state index in [0.717, 1.165) is 57.9 Å². The molecule has 22 heavy (non-hydrogen) atoms. The molecule has 3 rings (SSSR count). The maximum Gasteiger partial charge on any atom is 0.104 e. The SMILES string of the molecule is CCC(COCC1CCC1)(COCC1CC1)COCC1CO1. The van der Waals surface area contributed by atoms with Gasteiger partial charge in [0.15, 0.2) is 0 Å². The van der Waals surface area contributed by atoms with Crippen LogP contribution in [0.3, 0.4) is 0 Å². The highest BCUT2D eigenvalue weighted by Crippen LogP contribution is 2.32. The van der Waals surface area contributed by atoms with Crippen LogP contribution in [-0.4, -0.2) is 52.4 Å². The Hall–Kier alpha value is -0.160. The zero-order valence-corrected chi connectivity index (χ0v) is 14.1. The molecule has 2 aliphatic carbocycles. The van der Waals surface area contributed by atoms with Gasteiger partial charge in [-0.3, -0.25) is 0 Å². The van der Waals surface area contributed by atoms with Gasteiger partial charge in [-0.25, -0.2) is 0 Å². The summed E-state index contributed by atoms with van der Waals surface area (Å²) in [5.74, 6) is 1.61. The monoisotopic (exact) mass is 312 g/mol. The molecular weight excluding hydrogens is 280 g/mol. The van der Waals surface area contributed by atoms with Crippen LogP contribution in [0.5, 0.6) is 0 Å². The van der Waals surface area contributed by atoms with Crippen molar-refractivity contribution in [3.8, 4) is 0 Å². The smallest absolute Gasteiger partial charge is 0.104 e. The summed E-state index contributed by atoms with van der Waals surface area (Å²) in [5.41, 5.74) is 0.00747. The van der Waals surface area contributed by atoms with Gasteiger partial charge in [-0.2, -0.15) is 0 Å². The van der Waals surface area contributed by atoms with Gasteiger partial charge in [0.05, 0.1) is 33.0 Å².